The topological polar surface area (TPSA) is 135 Å². The lowest BCUT2D eigenvalue weighted by Crippen LogP contribution is -2.25. The fourth-order valence-electron chi connectivity index (χ4n) is 3.21. The van der Waals surface area contributed by atoms with Crippen molar-refractivity contribution in [1.82, 2.24) is 0 Å². The van der Waals surface area contributed by atoms with Crippen LogP contribution in [0.5, 0.6) is 11.5 Å². The van der Waals surface area contributed by atoms with Crippen molar-refractivity contribution >= 4 is 34.1 Å². The normalized spacial score (nSPS) is 11.2. The van der Waals surface area contributed by atoms with Crippen LogP contribution in [0.15, 0.2) is 81.1 Å². The van der Waals surface area contributed by atoms with Gasteiger partial charge in [-0.15, -0.1) is 10.2 Å². The number of nitrogens with zero attached hydrogens (tertiary/aromatic N) is 6. The molecular weight excluding hydrogens is 452 g/mol. The monoisotopic (exact) mass is 478 g/mol. The second kappa shape index (κ2) is 12.2. The zero-order valence-electron chi connectivity index (χ0n) is 19.7. The van der Waals surface area contributed by atoms with Crippen molar-refractivity contribution in [2.75, 3.05) is 38.8 Å². The highest BCUT2D eigenvalue weighted by atomic mass is 16.6. The zero-order valence-corrected chi connectivity index (χ0v) is 19.7. The van der Waals surface area contributed by atoms with Crippen molar-refractivity contribution < 1.29 is 19.5 Å². The molecule has 3 aromatic rings. The summed E-state index contributed by atoms with van der Waals surface area (Å²) < 4.78 is 10.9. The second-order valence-electron chi connectivity index (χ2n) is 7.19. The van der Waals surface area contributed by atoms with Crippen LogP contribution in [0.25, 0.3) is 0 Å². The Labute approximate surface area is 202 Å². The number of aliphatic hydroxyl groups is 1. The van der Waals surface area contributed by atoms with E-state index in [1.165, 1.54) is 38.5 Å². The first-order valence-electron chi connectivity index (χ1n) is 10.8. The summed E-state index contributed by atoms with van der Waals surface area (Å²) in [4.78, 5) is 12.4. The summed E-state index contributed by atoms with van der Waals surface area (Å²) in [7, 11) is 3.01. The van der Waals surface area contributed by atoms with E-state index in [0.717, 1.165) is 12.2 Å². The Kier molecular flexibility index (Phi) is 8.79. The maximum Gasteiger partial charge on any atom is 0.269 e. The molecule has 0 aliphatic heterocycles. The third-order valence-corrected chi connectivity index (χ3v) is 5.05. The van der Waals surface area contributed by atoms with E-state index in [0.29, 0.717) is 40.8 Å². The molecule has 1 N–H and O–H groups in total. The van der Waals surface area contributed by atoms with E-state index in [1.807, 2.05) is 31.2 Å². The fourth-order valence-corrected chi connectivity index (χ4v) is 3.21. The highest BCUT2D eigenvalue weighted by molar-refractivity contribution is 5.66. The molecule has 0 aromatic heterocycles. The summed E-state index contributed by atoms with van der Waals surface area (Å²) in [5, 5.41) is 36.9. The van der Waals surface area contributed by atoms with Gasteiger partial charge in [0, 0.05) is 43.0 Å². The van der Waals surface area contributed by atoms with Crippen molar-refractivity contribution in [2.45, 2.75) is 6.92 Å². The molecular formula is C24H26N6O5. The van der Waals surface area contributed by atoms with Crippen LogP contribution in [0.4, 0.5) is 34.1 Å². The molecule has 182 valence electrons. The van der Waals surface area contributed by atoms with E-state index in [9.17, 15) is 15.2 Å². The largest absolute Gasteiger partial charge is 0.494 e. The summed E-state index contributed by atoms with van der Waals surface area (Å²) in [6.45, 7) is 3.45. The molecule has 11 heteroatoms. The van der Waals surface area contributed by atoms with E-state index in [1.54, 1.807) is 12.1 Å². The molecule has 0 atom stereocenters. The number of benzene rings is 3. The lowest BCUT2D eigenvalue weighted by atomic mass is 10.2. The number of hydrogen-bond donors (Lipinski definition) is 1. The minimum absolute atomic E-state index is 0.0274. The average Bonchev–Trinajstić information content (AvgIpc) is 2.89. The summed E-state index contributed by atoms with van der Waals surface area (Å²) in [6, 6.07) is 16.5. The van der Waals surface area contributed by atoms with Crippen molar-refractivity contribution in [1.29, 1.82) is 0 Å². The fraction of sp³-hybridized carbons (Fsp3) is 0.250. The maximum atomic E-state index is 10.8. The number of ether oxygens (including phenoxy) is 2. The number of azo groups is 2. The van der Waals surface area contributed by atoms with E-state index in [-0.39, 0.29) is 12.3 Å². The van der Waals surface area contributed by atoms with Crippen molar-refractivity contribution in [3.8, 4) is 11.5 Å². The number of hydrogen-bond acceptors (Lipinski definition) is 10. The first-order chi connectivity index (χ1) is 17.0. The number of aliphatic hydroxyl groups excluding tert-OH is 1. The van der Waals surface area contributed by atoms with E-state index in [4.69, 9.17) is 9.47 Å². The number of non-ortho nitro benzene ring substituents is 1. The Morgan fingerprint density at radius 3 is 1.74 bits per heavy atom. The predicted octanol–water partition coefficient (Wildman–Crippen LogP) is 6.26. The minimum atomic E-state index is -0.479. The Bertz CT molecular complexity index is 1200. The van der Waals surface area contributed by atoms with Gasteiger partial charge >= 0.3 is 0 Å². The van der Waals surface area contributed by atoms with Gasteiger partial charge in [-0.05, 0) is 43.3 Å². The molecule has 0 aliphatic carbocycles. The Hall–Kier alpha value is -4.38. The molecule has 11 nitrogen and oxygen atoms in total. The van der Waals surface area contributed by atoms with Crippen LogP contribution in [0, 0.1) is 10.1 Å². The van der Waals surface area contributed by atoms with Crippen LogP contribution >= 0.6 is 0 Å². The first-order valence-corrected chi connectivity index (χ1v) is 10.8. The molecule has 0 amide bonds. The molecule has 0 heterocycles. The van der Waals surface area contributed by atoms with Crippen molar-refractivity contribution in [2.24, 2.45) is 20.5 Å². The smallest absolute Gasteiger partial charge is 0.269 e. The quantitative estimate of drug-likeness (QED) is 0.196. The van der Waals surface area contributed by atoms with Crippen molar-refractivity contribution in [3.63, 3.8) is 0 Å². The van der Waals surface area contributed by atoms with Crippen molar-refractivity contribution in [3.05, 3.63) is 70.8 Å². The Morgan fingerprint density at radius 1 is 0.857 bits per heavy atom. The van der Waals surface area contributed by atoms with Gasteiger partial charge in [0.25, 0.3) is 5.69 Å². The van der Waals surface area contributed by atoms with E-state index >= 15 is 0 Å². The highest BCUT2D eigenvalue weighted by Crippen LogP contribution is 2.41. The van der Waals surface area contributed by atoms with Crippen LogP contribution in [-0.4, -0.2) is 43.9 Å². The van der Waals surface area contributed by atoms with Crippen LogP contribution in [0.2, 0.25) is 0 Å². The Morgan fingerprint density at radius 2 is 1.34 bits per heavy atom. The van der Waals surface area contributed by atoms with Gasteiger partial charge in [-0.2, -0.15) is 10.2 Å². The van der Waals surface area contributed by atoms with Gasteiger partial charge < -0.3 is 19.5 Å². The summed E-state index contributed by atoms with van der Waals surface area (Å²) in [6.07, 6.45) is 0. The standard InChI is InChI=1S/C24H26N6O5/c1-4-29(13-14-31)19-9-5-17(6-10-19)25-27-21-15-24(35-3)22(16-23(21)34-2)28-26-18-7-11-20(12-8-18)30(32)33/h5-12,15-16,31H,4,13-14H2,1-3H3. The van der Waals surface area contributed by atoms with Crippen LogP contribution in [-0.2, 0) is 0 Å². The number of nitro benzene ring substituents is 1. The molecule has 0 spiro atoms. The van der Waals surface area contributed by atoms with Gasteiger partial charge in [-0.1, -0.05) is 0 Å². The lowest BCUT2D eigenvalue weighted by Gasteiger charge is -2.21. The lowest BCUT2D eigenvalue weighted by molar-refractivity contribution is -0.384. The SMILES string of the molecule is CCN(CCO)c1ccc(N=Nc2cc(OC)c(N=Nc3ccc([N+](=O)[O-])cc3)cc2OC)cc1. The van der Waals surface area contributed by atoms with Gasteiger partial charge in [0.2, 0.25) is 0 Å². The second-order valence-corrected chi connectivity index (χ2v) is 7.19. The molecule has 0 saturated carbocycles. The third kappa shape index (κ3) is 6.58. The van der Waals surface area contributed by atoms with Crippen LogP contribution in [0.3, 0.4) is 0 Å². The molecule has 3 aromatic carbocycles. The first kappa shape index (κ1) is 25.2. The van der Waals surface area contributed by atoms with Crippen LogP contribution in [0.1, 0.15) is 6.92 Å². The van der Waals surface area contributed by atoms with E-state index < -0.39 is 4.92 Å². The van der Waals surface area contributed by atoms with Gasteiger partial charge in [0.05, 0.1) is 37.1 Å². The number of methoxy groups -OCH3 is 2. The molecule has 0 unspecified atom stereocenters. The van der Waals surface area contributed by atoms with Gasteiger partial charge in [0.15, 0.2) is 0 Å². The molecule has 35 heavy (non-hydrogen) atoms. The number of rotatable bonds is 11. The zero-order chi connectivity index (χ0) is 25.2. The average molecular weight is 479 g/mol. The summed E-state index contributed by atoms with van der Waals surface area (Å²) in [5.74, 6) is 0.826. The number of nitro groups is 1. The van der Waals surface area contributed by atoms with Crippen LogP contribution < -0.4 is 14.4 Å². The molecule has 0 radical (unpaired) electrons. The predicted molar refractivity (Wildman–Crippen MR) is 132 cm³/mol. The maximum absolute atomic E-state index is 10.8. The molecule has 0 saturated heterocycles. The molecule has 3 rings (SSSR count). The van der Waals surface area contributed by atoms with Gasteiger partial charge in [0.1, 0.15) is 22.9 Å². The van der Waals surface area contributed by atoms with Gasteiger partial charge in [-0.3, -0.25) is 10.1 Å². The molecule has 0 fully saturated rings. The number of likely N-dealkylation sites (N-methyl/N-ethyl adjacent to an activating group) is 1. The number of anilines is 1. The highest BCUT2D eigenvalue weighted by Gasteiger charge is 2.12. The van der Waals surface area contributed by atoms with Gasteiger partial charge in [-0.25, -0.2) is 0 Å². The molecule has 0 bridgehead atoms. The summed E-state index contributed by atoms with van der Waals surface area (Å²) >= 11 is 0. The minimum Gasteiger partial charge on any atom is -0.494 e. The van der Waals surface area contributed by atoms with E-state index in [2.05, 4.69) is 25.4 Å². The third-order valence-electron chi connectivity index (χ3n) is 5.05. The molecule has 0 aliphatic rings. The summed E-state index contributed by atoms with van der Waals surface area (Å²) in [5.41, 5.74) is 2.90. The Balaban J connectivity index is 1.82.